The Morgan fingerprint density at radius 1 is 1.03 bits per heavy atom. The number of nitrogens with zero attached hydrogens (tertiary/aromatic N) is 2. The molecule has 0 radical (unpaired) electrons. The number of imidazole rings is 1. The SMILES string of the molecule is Cc1ccc(OCCCCn2c(CCNC(=O)c3ccc(F)cc3)nc3ccccc32)c(C)c1. The Morgan fingerprint density at radius 3 is 2.62 bits per heavy atom. The molecule has 176 valence electrons. The highest BCUT2D eigenvalue weighted by molar-refractivity contribution is 5.94. The smallest absolute Gasteiger partial charge is 0.251 e. The lowest BCUT2D eigenvalue weighted by atomic mass is 10.1. The minimum Gasteiger partial charge on any atom is -0.493 e. The Bertz CT molecular complexity index is 1260. The molecule has 0 spiro atoms. The topological polar surface area (TPSA) is 56.1 Å². The number of fused-ring (bicyclic) bond motifs is 1. The van der Waals surface area contributed by atoms with Crippen LogP contribution in [0.15, 0.2) is 66.7 Å². The highest BCUT2D eigenvalue weighted by Crippen LogP contribution is 2.20. The zero-order chi connectivity index (χ0) is 23.9. The third kappa shape index (κ3) is 5.81. The Labute approximate surface area is 199 Å². The second-order valence-corrected chi connectivity index (χ2v) is 8.51. The lowest BCUT2D eigenvalue weighted by Crippen LogP contribution is -2.26. The van der Waals surface area contributed by atoms with Crippen LogP contribution in [-0.2, 0) is 13.0 Å². The van der Waals surface area contributed by atoms with Gasteiger partial charge in [-0.2, -0.15) is 0 Å². The largest absolute Gasteiger partial charge is 0.493 e. The number of carbonyl (C=O) groups excluding carboxylic acids is 1. The van der Waals surface area contributed by atoms with Crippen molar-refractivity contribution in [2.75, 3.05) is 13.2 Å². The van der Waals surface area contributed by atoms with Crippen molar-refractivity contribution in [1.82, 2.24) is 14.9 Å². The van der Waals surface area contributed by atoms with Gasteiger partial charge in [0.25, 0.3) is 5.91 Å². The molecule has 1 aromatic heterocycles. The van der Waals surface area contributed by atoms with Crippen molar-refractivity contribution in [3.63, 3.8) is 0 Å². The van der Waals surface area contributed by atoms with Crippen LogP contribution in [0.2, 0.25) is 0 Å². The van der Waals surface area contributed by atoms with Gasteiger partial charge in [0.05, 0.1) is 17.6 Å². The highest BCUT2D eigenvalue weighted by Gasteiger charge is 2.11. The van der Waals surface area contributed by atoms with Crippen LogP contribution in [0.5, 0.6) is 5.75 Å². The number of hydrogen-bond acceptors (Lipinski definition) is 3. The van der Waals surface area contributed by atoms with E-state index >= 15 is 0 Å². The lowest BCUT2D eigenvalue weighted by Gasteiger charge is -2.12. The molecule has 0 saturated heterocycles. The molecule has 4 rings (SSSR count). The first-order valence-electron chi connectivity index (χ1n) is 11.7. The van der Waals surface area contributed by atoms with Crippen LogP contribution in [0.25, 0.3) is 11.0 Å². The maximum atomic E-state index is 13.1. The van der Waals surface area contributed by atoms with E-state index in [2.05, 4.69) is 41.9 Å². The van der Waals surface area contributed by atoms with E-state index in [1.165, 1.54) is 29.8 Å². The molecule has 0 saturated carbocycles. The number of nitrogens with one attached hydrogen (secondary N) is 1. The maximum Gasteiger partial charge on any atom is 0.251 e. The van der Waals surface area contributed by atoms with Gasteiger partial charge in [-0.25, -0.2) is 9.37 Å². The van der Waals surface area contributed by atoms with Gasteiger partial charge in [0.1, 0.15) is 17.4 Å². The third-order valence-electron chi connectivity index (χ3n) is 5.84. The molecule has 0 bridgehead atoms. The standard InChI is InChI=1S/C28H30FN3O2/c1-20-9-14-26(21(2)19-20)34-18-6-5-17-32-25-8-4-3-7-24(25)31-27(32)15-16-30-28(33)22-10-12-23(29)13-11-22/h3-4,7-14,19H,5-6,15-18H2,1-2H3,(H,30,33). The van der Waals surface area contributed by atoms with Gasteiger partial charge in [0.2, 0.25) is 0 Å². The molecule has 34 heavy (non-hydrogen) atoms. The fourth-order valence-corrected chi connectivity index (χ4v) is 4.07. The van der Waals surface area contributed by atoms with Gasteiger partial charge in [0, 0.05) is 25.1 Å². The monoisotopic (exact) mass is 459 g/mol. The average molecular weight is 460 g/mol. The summed E-state index contributed by atoms with van der Waals surface area (Å²) in [6, 6.07) is 19.9. The molecule has 1 amide bonds. The molecule has 3 aromatic carbocycles. The zero-order valence-electron chi connectivity index (χ0n) is 19.7. The Hall–Kier alpha value is -3.67. The van der Waals surface area contributed by atoms with E-state index in [-0.39, 0.29) is 11.7 Å². The molecule has 5 nitrogen and oxygen atoms in total. The van der Waals surface area contributed by atoms with Gasteiger partial charge < -0.3 is 14.6 Å². The van der Waals surface area contributed by atoms with Crippen LogP contribution in [0, 0.1) is 19.7 Å². The summed E-state index contributed by atoms with van der Waals surface area (Å²) in [5.41, 5.74) is 4.88. The predicted molar refractivity (Wildman–Crippen MR) is 133 cm³/mol. The van der Waals surface area contributed by atoms with Crippen molar-refractivity contribution in [1.29, 1.82) is 0 Å². The van der Waals surface area contributed by atoms with Gasteiger partial charge in [-0.15, -0.1) is 0 Å². The second-order valence-electron chi connectivity index (χ2n) is 8.51. The van der Waals surface area contributed by atoms with E-state index in [0.29, 0.717) is 25.1 Å². The summed E-state index contributed by atoms with van der Waals surface area (Å²) in [5.74, 6) is 1.31. The molecular weight excluding hydrogens is 429 g/mol. The van der Waals surface area contributed by atoms with Crippen molar-refractivity contribution in [2.45, 2.75) is 39.7 Å². The lowest BCUT2D eigenvalue weighted by molar-refractivity contribution is 0.0954. The summed E-state index contributed by atoms with van der Waals surface area (Å²) < 4.78 is 21.3. The molecule has 0 aliphatic rings. The number of benzene rings is 3. The number of aryl methyl sites for hydroxylation is 3. The second kappa shape index (κ2) is 11.0. The van der Waals surface area contributed by atoms with Crippen LogP contribution < -0.4 is 10.1 Å². The summed E-state index contributed by atoms with van der Waals surface area (Å²) in [4.78, 5) is 17.1. The van der Waals surface area contributed by atoms with Crippen molar-refractivity contribution in [3.05, 3.63) is 95.1 Å². The number of para-hydroxylation sites is 2. The van der Waals surface area contributed by atoms with Gasteiger partial charge >= 0.3 is 0 Å². The maximum absolute atomic E-state index is 13.1. The summed E-state index contributed by atoms with van der Waals surface area (Å²) in [6.45, 7) is 6.10. The first-order valence-corrected chi connectivity index (χ1v) is 11.7. The fourth-order valence-electron chi connectivity index (χ4n) is 4.07. The van der Waals surface area contributed by atoms with Gasteiger partial charge in [-0.3, -0.25) is 4.79 Å². The minimum absolute atomic E-state index is 0.216. The van der Waals surface area contributed by atoms with Gasteiger partial charge in [-0.1, -0.05) is 29.8 Å². The molecule has 0 aliphatic carbocycles. The molecule has 0 unspecified atom stereocenters. The van der Waals surface area contributed by atoms with Gasteiger partial charge in [0.15, 0.2) is 0 Å². The van der Waals surface area contributed by atoms with Crippen LogP contribution >= 0.6 is 0 Å². The van der Waals surface area contributed by atoms with E-state index in [1.807, 2.05) is 24.3 Å². The fraction of sp³-hybridized carbons (Fsp3) is 0.286. The van der Waals surface area contributed by atoms with Gasteiger partial charge in [-0.05, 0) is 74.7 Å². The number of ether oxygens (including phenoxy) is 1. The number of aromatic nitrogens is 2. The Balaban J connectivity index is 1.33. The highest BCUT2D eigenvalue weighted by atomic mass is 19.1. The Kier molecular flexibility index (Phi) is 7.58. The predicted octanol–water partition coefficient (Wildman–Crippen LogP) is 5.62. The Morgan fingerprint density at radius 2 is 1.82 bits per heavy atom. The van der Waals surface area contributed by atoms with Crippen molar-refractivity contribution >= 4 is 16.9 Å². The summed E-state index contributed by atoms with van der Waals surface area (Å²) in [5, 5.41) is 2.91. The van der Waals surface area contributed by atoms with E-state index in [9.17, 15) is 9.18 Å². The molecule has 0 atom stereocenters. The molecule has 0 fully saturated rings. The molecule has 6 heteroatoms. The summed E-state index contributed by atoms with van der Waals surface area (Å²) >= 11 is 0. The molecule has 4 aromatic rings. The minimum atomic E-state index is -0.357. The quantitative estimate of drug-likeness (QED) is 0.313. The van der Waals surface area contributed by atoms with E-state index in [1.54, 1.807) is 0 Å². The number of unbranched alkanes of at least 4 members (excludes halogenated alkanes) is 1. The van der Waals surface area contributed by atoms with Crippen molar-refractivity contribution in [2.24, 2.45) is 0 Å². The zero-order valence-corrected chi connectivity index (χ0v) is 19.7. The molecule has 1 N–H and O–H groups in total. The van der Waals surface area contributed by atoms with Crippen LogP contribution in [0.4, 0.5) is 4.39 Å². The van der Waals surface area contributed by atoms with E-state index < -0.39 is 0 Å². The number of amides is 1. The third-order valence-corrected chi connectivity index (χ3v) is 5.84. The van der Waals surface area contributed by atoms with E-state index in [0.717, 1.165) is 47.6 Å². The van der Waals surface area contributed by atoms with Crippen molar-refractivity contribution < 1.29 is 13.9 Å². The van der Waals surface area contributed by atoms with Crippen molar-refractivity contribution in [3.8, 4) is 5.75 Å². The molecular formula is C28H30FN3O2. The van der Waals surface area contributed by atoms with Crippen LogP contribution in [0.1, 0.15) is 40.2 Å². The van der Waals surface area contributed by atoms with Crippen LogP contribution in [0.3, 0.4) is 0 Å². The van der Waals surface area contributed by atoms with Crippen LogP contribution in [-0.4, -0.2) is 28.6 Å². The summed E-state index contributed by atoms with van der Waals surface area (Å²) in [6.07, 6.45) is 2.50. The normalized spacial score (nSPS) is 11.0. The molecule has 1 heterocycles. The number of rotatable bonds is 10. The first kappa shape index (κ1) is 23.5. The molecule has 0 aliphatic heterocycles. The number of carbonyl (C=O) groups is 1. The van der Waals surface area contributed by atoms with E-state index in [4.69, 9.17) is 9.72 Å². The number of hydrogen-bond donors (Lipinski definition) is 1. The first-order chi connectivity index (χ1) is 16.5. The average Bonchev–Trinajstić information content (AvgIpc) is 3.18. The number of halogens is 1. The summed E-state index contributed by atoms with van der Waals surface area (Å²) in [7, 11) is 0.